The number of aryl methyl sites for hydroxylation is 1. The molecule has 0 saturated heterocycles. The monoisotopic (exact) mass is 560 g/mol. The van der Waals surface area contributed by atoms with Crippen molar-refractivity contribution >= 4 is 23.1 Å². The first-order valence-electron chi connectivity index (χ1n) is 13.5. The number of fused-ring (bicyclic) bond motifs is 1. The van der Waals surface area contributed by atoms with Gasteiger partial charge < -0.3 is 25.8 Å². The number of hydrogen-bond donors (Lipinski definition) is 3. The lowest BCUT2D eigenvalue weighted by atomic mass is 10.0. The van der Waals surface area contributed by atoms with Crippen molar-refractivity contribution in [1.82, 2.24) is 19.7 Å². The van der Waals surface area contributed by atoms with Crippen LogP contribution in [-0.2, 0) is 17.6 Å². The molecule has 1 amide bonds. The van der Waals surface area contributed by atoms with Crippen LogP contribution in [0.2, 0.25) is 0 Å². The Morgan fingerprint density at radius 2 is 2.05 bits per heavy atom. The Bertz CT molecular complexity index is 1540. The SMILES string of the molecule is C=CCc1c(-c2cnc3c(Nc4ccc(C(=O)NCCOCC(C)(C)N)c(CC)c4)nccn23)ccc(OC)c1F. The molecule has 4 N–H and O–H groups in total. The van der Waals surface area contributed by atoms with Crippen LogP contribution in [0.25, 0.3) is 16.9 Å². The molecule has 0 bridgehead atoms. The Kier molecular flexibility index (Phi) is 9.36. The van der Waals surface area contributed by atoms with E-state index in [9.17, 15) is 4.79 Å². The number of hydrogen-bond acceptors (Lipinski definition) is 7. The molecule has 0 saturated carbocycles. The van der Waals surface area contributed by atoms with E-state index < -0.39 is 11.4 Å². The predicted octanol–water partition coefficient (Wildman–Crippen LogP) is 5.06. The van der Waals surface area contributed by atoms with Gasteiger partial charge in [0.1, 0.15) is 0 Å². The summed E-state index contributed by atoms with van der Waals surface area (Å²) in [5, 5.41) is 6.23. The summed E-state index contributed by atoms with van der Waals surface area (Å²) in [5.41, 5.74) is 10.2. The minimum absolute atomic E-state index is 0.163. The summed E-state index contributed by atoms with van der Waals surface area (Å²) in [5.74, 6) is 0.119. The van der Waals surface area contributed by atoms with Crippen molar-refractivity contribution in [1.29, 1.82) is 0 Å². The number of ether oxygens (including phenoxy) is 2. The normalized spacial score (nSPS) is 11.5. The lowest BCUT2D eigenvalue weighted by molar-refractivity contribution is 0.0853. The average molecular weight is 561 g/mol. The summed E-state index contributed by atoms with van der Waals surface area (Å²) < 4.78 is 27.7. The van der Waals surface area contributed by atoms with E-state index in [4.69, 9.17) is 15.2 Å². The Morgan fingerprint density at radius 3 is 2.76 bits per heavy atom. The van der Waals surface area contributed by atoms with Gasteiger partial charge in [0.05, 0.1) is 32.2 Å². The molecule has 9 nitrogen and oxygen atoms in total. The third-order valence-corrected chi connectivity index (χ3v) is 6.48. The molecule has 4 aromatic rings. The van der Waals surface area contributed by atoms with Crippen molar-refractivity contribution in [3.8, 4) is 17.0 Å². The number of nitrogens with two attached hydrogens (primary N) is 1. The number of benzene rings is 2. The average Bonchev–Trinajstić information content (AvgIpc) is 3.38. The minimum atomic E-state index is -0.421. The van der Waals surface area contributed by atoms with Gasteiger partial charge in [-0.05, 0) is 62.6 Å². The van der Waals surface area contributed by atoms with Crippen LogP contribution in [0.4, 0.5) is 15.9 Å². The molecular weight excluding hydrogens is 523 g/mol. The zero-order valence-electron chi connectivity index (χ0n) is 24.0. The second kappa shape index (κ2) is 12.9. The molecule has 0 aliphatic carbocycles. The molecule has 216 valence electrons. The number of halogens is 1. The lowest BCUT2D eigenvalue weighted by Crippen LogP contribution is -2.38. The third kappa shape index (κ3) is 6.90. The molecule has 2 heterocycles. The highest BCUT2D eigenvalue weighted by Gasteiger charge is 2.19. The molecule has 0 unspecified atom stereocenters. The molecular formula is C31H37FN6O3. The highest BCUT2D eigenvalue weighted by atomic mass is 19.1. The van der Waals surface area contributed by atoms with Crippen LogP contribution in [0.1, 0.15) is 42.3 Å². The zero-order valence-corrected chi connectivity index (χ0v) is 24.0. The maximum atomic E-state index is 15.1. The van der Waals surface area contributed by atoms with E-state index in [1.165, 1.54) is 7.11 Å². The molecule has 0 atom stereocenters. The number of nitrogens with one attached hydrogen (secondary N) is 2. The van der Waals surface area contributed by atoms with Crippen LogP contribution in [0, 0.1) is 5.82 Å². The van der Waals surface area contributed by atoms with Crippen molar-refractivity contribution in [3.05, 3.63) is 84.1 Å². The third-order valence-electron chi connectivity index (χ3n) is 6.48. The minimum Gasteiger partial charge on any atom is -0.494 e. The van der Waals surface area contributed by atoms with Gasteiger partial charge in [0, 0.05) is 46.9 Å². The number of allylic oxidation sites excluding steroid dienone is 1. The molecule has 0 spiro atoms. The maximum absolute atomic E-state index is 15.1. The van der Waals surface area contributed by atoms with Gasteiger partial charge in [0.2, 0.25) is 0 Å². The Morgan fingerprint density at radius 1 is 1.24 bits per heavy atom. The van der Waals surface area contributed by atoms with E-state index in [2.05, 4.69) is 27.2 Å². The maximum Gasteiger partial charge on any atom is 0.251 e. The van der Waals surface area contributed by atoms with E-state index in [-0.39, 0.29) is 11.7 Å². The Labute approximate surface area is 239 Å². The molecule has 0 aliphatic rings. The fourth-order valence-electron chi connectivity index (χ4n) is 4.54. The van der Waals surface area contributed by atoms with E-state index in [0.717, 1.165) is 11.3 Å². The number of amides is 1. The molecule has 4 rings (SSSR count). The van der Waals surface area contributed by atoms with Crippen LogP contribution >= 0.6 is 0 Å². The first kappa shape index (κ1) is 29.7. The molecule has 0 radical (unpaired) electrons. The number of carbonyl (C=O) groups is 1. The highest BCUT2D eigenvalue weighted by Crippen LogP contribution is 2.33. The lowest BCUT2D eigenvalue weighted by Gasteiger charge is -2.18. The first-order valence-corrected chi connectivity index (χ1v) is 13.5. The van der Waals surface area contributed by atoms with E-state index in [1.54, 1.807) is 36.8 Å². The van der Waals surface area contributed by atoms with Gasteiger partial charge >= 0.3 is 0 Å². The van der Waals surface area contributed by atoms with Gasteiger partial charge in [-0.15, -0.1) is 6.58 Å². The quantitative estimate of drug-likeness (QED) is 0.155. The molecule has 0 aliphatic heterocycles. The topological polar surface area (TPSA) is 116 Å². The number of rotatable bonds is 13. The van der Waals surface area contributed by atoms with Crippen molar-refractivity contribution < 1.29 is 18.7 Å². The van der Waals surface area contributed by atoms with Gasteiger partial charge in [-0.3, -0.25) is 9.20 Å². The molecule has 2 aromatic carbocycles. The number of aromatic nitrogens is 3. The summed E-state index contributed by atoms with van der Waals surface area (Å²) in [6.07, 6.45) is 7.79. The predicted molar refractivity (Wildman–Crippen MR) is 159 cm³/mol. The first-order chi connectivity index (χ1) is 19.7. The fourth-order valence-corrected chi connectivity index (χ4v) is 4.54. The second-order valence-electron chi connectivity index (χ2n) is 10.4. The number of methoxy groups -OCH3 is 1. The molecule has 10 heteroatoms. The summed E-state index contributed by atoms with van der Waals surface area (Å²) in [6.45, 7) is 10.7. The van der Waals surface area contributed by atoms with Crippen LogP contribution < -0.4 is 21.1 Å². The van der Waals surface area contributed by atoms with E-state index in [1.807, 2.05) is 43.4 Å². The Balaban J connectivity index is 1.55. The van der Waals surface area contributed by atoms with Crippen LogP contribution in [0.15, 0.2) is 61.6 Å². The summed E-state index contributed by atoms with van der Waals surface area (Å²) in [6, 6.07) is 8.98. The van der Waals surface area contributed by atoms with Crippen molar-refractivity contribution in [3.63, 3.8) is 0 Å². The highest BCUT2D eigenvalue weighted by molar-refractivity contribution is 5.96. The number of imidazole rings is 1. The van der Waals surface area contributed by atoms with Crippen molar-refractivity contribution in [2.75, 3.05) is 32.2 Å². The number of anilines is 2. The smallest absolute Gasteiger partial charge is 0.251 e. The largest absolute Gasteiger partial charge is 0.494 e. The van der Waals surface area contributed by atoms with Gasteiger partial charge in [0.25, 0.3) is 5.91 Å². The van der Waals surface area contributed by atoms with E-state index in [0.29, 0.717) is 66.4 Å². The van der Waals surface area contributed by atoms with Gasteiger partial charge in [-0.1, -0.05) is 13.0 Å². The molecule has 0 fully saturated rings. The Hall–Kier alpha value is -4.28. The van der Waals surface area contributed by atoms with Crippen molar-refractivity contribution in [2.24, 2.45) is 5.73 Å². The summed E-state index contributed by atoms with van der Waals surface area (Å²) in [4.78, 5) is 21.9. The van der Waals surface area contributed by atoms with Crippen LogP contribution in [-0.4, -0.2) is 52.7 Å². The molecule has 41 heavy (non-hydrogen) atoms. The molecule has 2 aromatic heterocycles. The summed E-state index contributed by atoms with van der Waals surface area (Å²) in [7, 11) is 1.44. The zero-order chi connectivity index (χ0) is 29.6. The van der Waals surface area contributed by atoms with Crippen LogP contribution in [0.5, 0.6) is 5.75 Å². The fraction of sp³-hybridized carbons (Fsp3) is 0.323. The van der Waals surface area contributed by atoms with Gasteiger partial charge in [-0.25, -0.2) is 14.4 Å². The number of nitrogens with zero attached hydrogens (tertiary/aromatic N) is 3. The standard InChI is InChI=1S/C31H37FN6O3/c1-6-8-24-23(11-12-26(40-5)27(24)32)25-18-36-29-28(34-13-15-38(25)29)37-21-9-10-22(20(7-2)17-21)30(39)35-14-16-41-19-31(3,4)33/h6,9-13,15,17-18H,1,7-8,14,16,19,33H2,2-5H3,(H,34,37)(H,35,39). The van der Waals surface area contributed by atoms with Crippen LogP contribution in [0.3, 0.4) is 0 Å². The number of carbonyl (C=O) groups excluding carboxylic acids is 1. The van der Waals surface area contributed by atoms with Gasteiger partial charge in [0.15, 0.2) is 23.0 Å². The second-order valence-corrected chi connectivity index (χ2v) is 10.4. The van der Waals surface area contributed by atoms with Crippen molar-refractivity contribution in [2.45, 2.75) is 39.2 Å². The summed E-state index contributed by atoms with van der Waals surface area (Å²) >= 11 is 0. The van der Waals surface area contributed by atoms with Gasteiger partial charge in [-0.2, -0.15) is 0 Å². The van der Waals surface area contributed by atoms with E-state index >= 15 is 4.39 Å².